The summed E-state index contributed by atoms with van der Waals surface area (Å²) < 4.78 is 64.5. The molecule has 0 bridgehead atoms. The average molecular weight is 681 g/mol. The van der Waals surface area contributed by atoms with Gasteiger partial charge in [0.05, 0.1) is 27.1 Å². The van der Waals surface area contributed by atoms with Crippen LogP contribution in [0.15, 0.2) is 80.8 Å². The number of thioether (sulfide) groups is 1. The molecule has 2 aromatic carbocycles. The Labute approximate surface area is 259 Å². The number of primary sulfonamides is 1. The lowest BCUT2D eigenvalue weighted by Crippen LogP contribution is -2.32. The average Bonchev–Trinajstić information content (AvgIpc) is 3.65. The summed E-state index contributed by atoms with van der Waals surface area (Å²) >= 11 is 3.07. The van der Waals surface area contributed by atoms with E-state index in [1.165, 1.54) is 46.2 Å². The van der Waals surface area contributed by atoms with Crippen LogP contribution in [0.2, 0.25) is 0 Å². The van der Waals surface area contributed by atoms with Gasteiger partial charge in [0.25, 0.3) is 0 Å². The van der Waals surface area contributed by atoms with Crippen molar-refractivity contribution in [2.75, 3.05) is 10.2 Å². The van der Waals surface area contributed by atoms with Crippen LogP contribution in [0.3, 0.4) is 0 Å². The van der Waals surface area contributed by atoms with Gasteiger partial charge in [-0.05, 0) is 53.9 Å². The van der Waals surface area contributed by atoms with E-state index in [4.69, 9.17) is 5.14 Å². The van der Waals surface area contributed by atoms with E-state index in [9.17, 15) is 40.8 Å². The lowest BCUT2D eigenvalue weighted by molar-refractivity contribution is -0.137. The summed E-state index contributed by atoms with van der Waals surface area (Å²) in [6, 6.07) is 12.6. The lowest BCUT2D eigenvalue weighted by Gasteiger charge is -2.29. The van der Waals surface area contributed by atoms with Gasteiger partial charge in [0.15, 0.2) is 0 Å². The molecule has 1 fully saturated rings. The molecule has 2 unspecified atom stereocenters. The molecule has 44 heavy (non-hydrogen) atoms. The molecular weight excluding hydrogens is 662 g/mol. The summed E-state index contributed by atoms with van der Waals surface area (Å²) in [7, 11) is -3.94. The predicted molar refractivity (Wildman–Crippen MR) is 158 cm³/mol. The van der Waals surface area contributed by atoms with Crippen molar-refractivity contribution in [3.8, 4) is 0 Å². The number of nitrogens with two attached hydrogens (primary N) is 1. The van der Waals surface area contributed by atoms with E-state index in [0.717, 1.165) is 46.2 Å². The van der Waals surface area contributed by atoms with Crippen LogP contribution in [0.25, 0.3) is 0 Å². The number of sulfonamides is 1. The number of fused-ring (bicyclic) bond motifs is 2. The quantitative estimate of drug-likeness (QED) is 0.292. The van der Waals surface area contributed by atoms with Crippen LogP contribution in [0.5, 0.6) is 0 Å². The molecule has 0 aliphatic carbocycles. The predicted octanol–water partition coefficient (Wildman–Crippen LogP) is 4.07. The van der Waals surface area contributed by atoms with Gasteiger partial charge in [0.2, 0.25) is 27.7 Å². The summed E-state index contributed by atoms with van der Waals surface area (Å²) in [5.41, 5.74) is -0.966. The minimum absolute atomic E-state index is 0.154. The number of nitrogens with one attached hydrogen (secondary N) is 1. The molecule has 4 aromatic rings. The van der Waals surface area contributed by atoms with E-state index in [0.29, 0.717) is 14.8 Å². The molecular formula is C27H19F3N4O6S4. The number of amides is 3. The number of halogens is 3. The Morgan fingerprint density at radius 3 is 2.36 bits per heavy atom. The molecule has 17 heteroatoms. The smallest absolute Gasteiger partial charge is 0.325 e. The fraction of sp³-hybridized carbons (Fsp3) is 0.185. The van der Waals surface area contributed by atoms with Crippen molar-refractivity contribution in [2.45, 2.75) is 33.8 Å². The van der Waals surface area contributed by atoms with Crippen molar-refractivity contribution in [1.29, 1.82) is 0 Å². The first-order valence-electron chi connectivity index (χ1n) is 12.7. The lowest BCUT2D eigenvalue weighted by atomic mass is 9.87. The first-order chi connectivity index (χ1) is 20.7. The van der Waals surface area contributed by atoms with Crippen LogP contribution in [0.1, 0.15) is 21.2 Å². The van der Waals surface area contributed by atoms with Crippen molar-refractivity contribution < 1.29 is 36.0 Å². The summed E-state index contributed by atoms with van der Waals surface area (Å²) in [5.74, 6) is -3.75. The van der Waals surface area contributed by atoms with Crippen molar-refractivity contribution in [1.82, 2.24) is 4.57 Å². The number of aromatic nitrogens is 1. The second-order valence-electron chi connectivity index (χ2n) is 9.86. The number of anilines is 2. The van der Waals surface area contributed by atoms with Gasteiger partial charge < -0.3 is 5.32 Å². The van der Waals surface area contributed by atoms with E-state index in [1.807, 2.05) is 0 Å². The number of carbonyl (C=O) groups is 3. The topological polar surface area (TPSA) is 149 Å². The normalized spacial score (nSPS) is 20.0. The molecule has 0 radical (unpaired) electrons. The van der Waals surface area contributed by atoms with E-state index in [1.54, 1.807) is 17.5 Å². The summed E-state index contributed by atoms with van der Waals surface area (Å²) in [4.78, 5) is 54.9. The SMILES string of the molecule is NS(=O)(=O)c1ccc(NC(=O)Cn2c3c(sc2=O)[C@H](c2cccs2)C2C(=O)N(c4cccc(C(F)(F)F)c4)C(=O)C2S3)cc1. The Morgan fingerprint density at radius 2 is 1.73 bits per heavy atom. The molecule has 2 aliphatic heterocycles. The Hall–Kier alpha value is -3.77. The van der Waals surface area contributed by atoms with E-state index in [2.05, 4.69) is 5.32 Å². The van der Waals surface area contributed by atoms with Crippen molar-refractivity contribution in [3.05, 3.63) is 91.0 Å². The number of alkyl halides is 3. The zero-order valence-corrected chi connectivity index (χ0v) is 25.2. The van der Waals surface area contributed by atoms with Gasteiger partial charge >= 0.3 is 11.0 Å². The minimum Gasteiger partial charge on any atom is -0.325 e. The van der Waals surface area contributed by atoms with E-state index >= 15 is 0 Å². The molecule has 3 atom stereocenters. The van der Waals surface area contributed by atoms with Crippen LogP contribution >= 0.6 is 34.4 Å². The van der Waals surface area contributed by atoms with Crippen LogP contribution in [0, 0.1) is 5.92 Å². The third kappa shape index (κ3) is 5.38. The molecule has 3 N–H and O–H groups in total. The highest BCUT2D eigenvalue weighted by Crippen LogP contribution is 2.54. The van der Waals surface area contributed by atoms with Crippen LogP contribution < -0.4 is 20.2 Å². The van der Waals surface area contributed by atoms with Crippen LogP contribution in [-0.4, -0.2) is 36.0 Å². The number of nitrogens with zero attached hydrogens (tertiary/aromatic N) is 2. The fourth-order valence-corrected chi connectivity index (χ4v) is 9.41. The number of hydrogen-bond acceptors (Lipinski definition) is 9. The number of carbonyl (C=O) groups excluding carboxylic acids is 3. The number of hydrogen-bond donors (Lipinski definition) is 2. The zero-order valence-electron chi connectivity index (χ0n) is 22.0. The van der Waals surface area contributed by atoms with Crippen molar-refractivity contribution >= 4 is 73.6 Å². The molecule has 2 aliphatic rings. The van der Waals surface area contributed by atoms with Gasteiger partial charge in [-0.25, -0.2) is 18.5 Å². The largest absolute Gasteiger partial charge is 0.416 e. The maximum atomic E-state index is 13.8. The van der Waals surface area contributed by atoms with E-state index in [-0.39, 0.29) is 16.3 Å². The molecule has 1 saturated heterocycles. The highest BCUT2D eigenvalue weighted by atomic mass is 32.2. The Morgan fingerprint density at radius 1 is 1.00 bits per heavy atom. The van der Waals surface area contributed by atoms with Crippen molar-refractivity contribution in [3.63, 3.8) is 0 Å². The number of rotatable bonds is 6. The van der Waals surface area contributed by atoms with Gasteiger partial charge in [0, 0.05) is 21.4 Å². The first-order valence-corrected chi connectivity index (χ1v) is 16.8. The van der Waals surface area contributed by atoms with Crippen molar-refractivity contribution in [2.24, 2.45) is 11.1 Å². The molecule has 3 amide bonds. The van der Waals surface area contributed by atoms with Gasteiger partial charge in [-0.1, -0.05) is 35.2 Å². The molecule has 0 spiro atoms. The molecule has 0 saturated carbocycles. The maximum Gasteiger partial charge on any atom is 0.416 e. The molecule has 4 heterocycles. The second kappa shape index (κ2) is 11.0. The molecule has 228 valence electrons. The molecule has 10 nitrogen and oxygen atoms in total. The first kappa shape index (κ1) is 30.3. The van der Waals surface area contributed by atoms with E-state index < -0.39 is 68.0 Å². The summed E-state index contributed by atoms with van der Waals surface area (Å²) in [6.07, 6.45) is -4.69. The number of benzene rings is 2. The Kier molecular flexibility index (Phi) is 7.56. The number of thiazole rings is 1. The maximum absolute atomic E-state index is 13.8. The monoisotopic (exact) mass is 680 g/mol. The summed E-state index contributed by atoms with van der Waals surface area (Å²) in [5, 5.41) is 8.70. The van der Waals surface area contributed by atoms with Gasteiger partial charge in [-0.15, -0.1) is 11.3 Å². The molecule has 6 rings (SSSR count). The molecule has 2 aromatic heterocycles. The highest BCUT2D eigenvalue weighted by Gasteiger charge is 2.57. The fourth-order valence-electron chi connectivity index (χ4n) is 5.18. The van der Waals surface area contributed by atoms with Crippen LogP contribution in [0.4, 0.5) is 24.5 Å². The third-order valence-electron chi connectivity index (χ3n) is 7.10. The third-order valence-corrected chi connectivity index (χ3v) is 11.6. The van der Waals surface area contributed by atoms with Gasteiger partial charge in [0.1, 0.15) is 11.8 Å². The second-order valence-corrected chi connectivity index (χ2v) is 14.5. The zero-order chi connectivity index (χ0) is 31.6. The highest BCUT2D eigenvalue weighted by molar-refractivity contribution is 8.00. The number of thiophene rings is 1. The standard InChI is InChI=1S/C27H19F3N4O6S4/c28-27(29,30)13-3-1-4-15(11-13)34-23(36)20-19(17-5-2-10-41-17)22-25(42-21(20)24(34)37)33(26(38)43-22)12-18(35)32-14-6-8-16(9-7-14)44(31,39)40/h1-11,19-21H,12H2,(H,32,35)(H2,31,39,40)/t19-,20?,21?/m1/s1. The number of imide groups is 1. The Bertz CT molecular complexity index is 1970. The van der Waals surface area contributed by atoms with Crippen LogP contribution in [-0.2, 0) is 37.1 Å². The van der Waals surface area contributed by atoms with Gasteiger partial charge in [-0.3, -0.25) is 23.7 Å². The summed E-state index contributed by atoms with van der Waals surface area (Å²) in [6.45, 7) is -0.456. The van der Waals surface area contributed by atoms with Gasteiger partial charge in [-0.2, -0.15) is 13.2 Å². The minimum atomic E-state index is -4.69. The Balaban J connectivity index is 1.34.